The summed E-state index contributed by atoms with van der Waals surface area (Å²) in [6.07, 6.45) is 5.54. The highest BCUT2D eigenvalue weighted by atomic mass is 16.1. The molecule has 2 rings (SSSR count). The minimum Gasteiger partial charge on any atom is -0.352 e. The number of nitrogens with one attached hydrogen (secondary N) is 2. The highest BCUT2D eigenvalue weighted by Crippen LogP contribution is 1.93. The number of amides is 1. The van der Waals surface area contributed by atoms with Gasteiger partial charge in [0, 0.05) is 31.5 Å². The Balaban J connectivity index is 1.75. The summed E-state index contributed by atoms with van der Waals surface area (Å²) < 4.78 is 1.70. The Bertz CT molecular complexity index is 541. The standard InChI is InChI=1S/C11H13N5O2/c17-10-3-2-9(8-13-10)11(18)12-4-1-6-16-7-5-14-15-16/h2-3,5,7-8H,1,4,6H2,(H,12,18)(H,13,17). The molecule has 1 amide bonds. The van der Waals surface area contributed by atoms with Crippen molar-refractivity contribution in [2.75, 3.05) is 6.54 Å². The van der Waals surface area contributed by atoms with Gasteiger partial charge >= 0.3 is 0 Å². The van der Waals surface area contributed by atoms with E-state index in [9.17, 15) is 9.59 Å². The van der Waals surface area contributed by atoms with Crippen LogP contribution in [0.3, 0.4) is 0 Å². The molecule has 0 fully saturated rings. The summed E-state index contributed by atoms with van der Waals surface area (Å²) >= 11 is 0. The third-order valence-electron chi connectivity index (χ3n) is 2.37. The van der Waals surface area contributed by atoms with E-state index in [1.54, 1.807) is 17.1 Å². The fraction of sp³-hybridized carbons (Fsp3) is 0.273. The van der Waals surface area contributed by atoms with E-state index in [2.05, 4.69) is 20.6 Å². The van der Waals surface area contributed by atoms with Gasteiger partial charge in [0.15, 0.2) is 0 Å². The van der Waals surface area contributed by atoms with Gasteiger partial charge in [-0.1, -0.05) is 5.21 Å². The Morgan fingerprint density at radius 3 is 3.00 bits per heavy atom. The van der Waals surface area contributed by atoms with Gasteiger partial charge in [-0.2, -0.15) is 0 Å². The molecule has 0 aliphatic carbocycles. The van der Waals surface area contributed by atoms with Crippen LogP contribution in [0, 0.1) is 0 Å². The van der Waals surface area contributed by atoms with Gasteiger partial charge in [0.2, 0.25) is 5.56 Å². The van der Waals surface area contributed by atoms with E-state index >= 15 is 0 Å². The van der Waals surface area contributed by atoms with Crippen LogP contribution in [0.4, 0.5) is 0 Å². The van der Waals surface area contributed by atoms with Crippen molar-refractivity contribution in [2.45, 2.75) is 13.0 Å². The lowest BCUT2D eigenvalue weighted by atomic mass is 10.2. The Kier molecular flexibility index (Phi) is 3.85. The Labute approximate surface area is 103 Å². The minimum absolute atomic E-state index is 0.204. The number of carbonyl (C=O) groups is 1. The largest absolute Gasteiger partial charge is 0.352 e. The van der Waals surface area contributed by atoms with Crippen molar-refractivity contribution < 1.29 is 4.79 Å². The number of nitrogens with zero attached hydrogens (tertiary/aromatic N) is 3. The molecule has 0 bridgehead atoms. The number of carbonyl (C=O) groups excluding carboxylic acids is 1. The van der Waals surface area contributed by atoms with Crippen LogP contribution in [0.25, 0.3) is 0 Å². The lowest BCUT2D eigenvalue weighted by molar-refractivity contribution is 0.0952. The van der Waals surface area contributed by atoms with Gasteiger partial charge in [-0.15, -0.1) is 5.10 Å². The van der Waals surface area contributed by atoms with Gasteiger partial charge < -0.3 is 10.3 Å². The summed E-state index contributed by atoms with van der Waals surface area (Å²) in [7, 11) is 0. The lowest BCUT2D eigenvalue weighted by Gasteiger charge is -2.04. The molecule has 0 saturated heterocycles. The molecular weight excluding hydrogens is 234 g/mol. The van der Waals surface area contributed by atoms with Crippen molar-refractivity contribution in [3.8, 4) is 0 Å². The van der Waals surface area contributed by atoms with Gasteiger partial charge in [0.1, 0.15) is 0 Å². The van der Waals surface area contributed by atoms with E-state index in [0.29, 0.717) is 18.7 Å². The molecule has 0 radical (unpaired) electrons. The molecule has 94 valence electrons. The van der Waals surface area contributed by atoms with Gasteiger partial charge in [0.25, 0.3) is 5.91 Å². The van der Waals surface area contributed by atoms with Crippen LogP contribution in [0.2, 0.25) is 0 Å². The average Bonchev–Trinajstić information content (AvgIpc) is 2.88. The first-order valence-electron chi connectivity index (χ1n) is 5.57. The molecule has 0 aromatic carbocycles. The third-order valence-corrected chi connectivity index (χ3v) is 2.37. The zero-order valence-corrected chi connectivity index (χ0v) is 9.67. The fourth-order valence-electron chi connectivity index (χ4n) is 1.45. The topological polar surface area (TPSA) is 92.7 Å². The second kappa shape index (κ2) is 5.76. The predicted molar refractivity (Wildman–Crippen MR) is 64.0 cm³/mol. The zero-order valence-electron chi connectivity index (χ0n) is 9.67. The maximum absolute atomic E-state index is 11.6. The van der Waals surface area contributed by atoms with Crippen LogP contribution in [0.1, 0.15) is 16.8 Å². The summed E-state index contributed by atoms with van der Waals surface area (Å²) in [5.41, 5.74) is 0.216. The molecule has 2 aromatic heterocycles. The van der Waals surface area contributed by atoms with Crippen LogP contribution in [0.5, 0.6) is 0 Å². The number of aromatic amines is 1. The van der Waals surface area contributed by atoms with Crippen molar-refractivity contribution in [3.63, 3.8) is 0 Å². The number of rotatable bonds is 5. The van der Waals surface area contributed by atoms with Crippen molar-refractivity contribution in [1.82, 2.24) is 25.3 Å². The van der Waals surface area contributed by atoms with Crippen LogP contribution in [-0.2, 0) is 6.54 Å². The van der Waals surface area contributed by atoms with Crippen LogP contribution in [0.15, 0.2) is 35.5 Å². The van der Waals surface area contributed by atoms with Gasteiger partial charge in [-0.25, -0.2) is 0 Å². The molecule has 0 saturated carbocycles. The SMILES string of the molecule is O=C(NCCCn1ccnn1)c1ccc(=O)[nH]c1. The van der Waals surface area contributed by atoms with Crippen molar-refractivity contribution in [1.29, 1.82) is 0 Å². The van der Waals surface area contributed by atoms with Crippen LogP contribution >= 0.6 is 0 Å². The predicted octanol–water partition coefficient (Wildman–Crippen LogP) is -0.214. The molecule has 18 heavy (non-hydrogen) atoms. The smallest absolute Gasteiger partial charge is 0.252 e. The van der Waals surface area contributed by atoms with E-state index < -0.39 is 0 Å². The van der Waals surface area contributed by atoms with Crippen molar-refractivity contribution in [3.05, 3.63) is 46.6 Å². The number of pyridine rings is 1. The second-order valence-electron chi connectivity index (χ2n) is 3.72. The highest BCUT2D eigenvalue weighted by Gasteiger charge is 2.03. The molecular formula is C11H13N5O2. The van der Waals surface area contributed by atoms with E-state index in [4.69, 9.17) is 0 Å². The Morgan fingerprint density at radius 1 is 1.44 bits per heavy atom. The average molecular weight is 247 g/mol. The first-order chi connectivity index (χ1) is 8.75. The zero-order chi connectivity index (χ0) is 12.8. The molecule has 7 heteroatoms. The molecule has 2 aromatic rings. The number of H-pyrrole nitrogens is 1. The second-order valence-corrected chi connectivity index (χ2v) is 3.72. The van der Waals surface area contributed by atoms with E-state index in [1.807, 2.05) is 0 Å². The summed E-state index contributed by atoms with van der Waals surface area (Å²) in [6.45, 7) is 1.24. The first-order valence-corrected chi connectivity index (χ1v) is 5.57. The van der Waals surface area contributed by atoms with E-state index in [-0.39, 0.29) is 11.5 Å². The fourth-order valence-corrected chi connectivity index (χ4v) is 1.45. The highest BCUT2D eigenvalue weighted by molar-refractivity contribution is 5.93. The molecule has 7 nitrogen and oxygen atoms in total. The number of hydrogen-bond acceptors (Lipinski definition) is 4. The van der Waals surface area contributed by atoms with Gasteiger partial charge in [-0.05, 0) is 12.5 Å². The summed E-state index contributed by atoms with van der Waals surface area (Å²) in [5.74, 6) is -0.204. The molecule has 0 atom stereocenters. The van der Waals surface area contributed by atoms with E-state index in [0.717, 1.165) is 6.42 Å². The molecule has 2 heterocycles. The van der Waals surface area contributed by atoms with E-state index in [1.165, 1.54) is 18.3 Å². The molecule has 0 spiro atoms. The number of aryl methyl sites for hydroxylation is 1. The van der Waals surface area contributed by atoms with Gasteiger partial charge in [0.05, 0.1) is 11.8 Å². The summed E-state index contributed by atoms with van der Waals surface area (Å²) in [6, 6.07) is 2.82. The van der Waals surface area contributed by atoms with Crippen molar-refractivity contribution in [2.24, 2.45) is 0 Å². The Morgan fingerprint density at radius 2 is 2.33 bits per heavy atom. The quantitative estimate of drug-likeness (QED) is 0.715. The van der Waals surface area contributed by atoms with Crippen LogP contribution in [-0.4, -0.2) is 32.4 Å². The van der Waals surface area contributed by atoms with Crippen molar-refractivity contribution >= 4 is 5.91 Å². The minimum atomic E-state index is -0.224. The number of hydrogen-bond donors (Lipinski definition) is 2. The lowest BCUT2D eigenvalue weighted by Crippen LogP contribution is -2.26. The molecule has 0 aliphatic heterocycles. The molecule has 0 aliphatic rings. The summed E-state index contributed by atoms with van der Waals surface area (Å²) in [5, 5.41) is 10.3. The van der Waals surface area contributed by atoms with Gasteiger partial charge in [-0.3, -0.25) is 14.3 Å². The molecule has 0 unspecified atom stereocenters. The third kappa shape index (κ3) is 3.27. The first kappa shape index (κ1) is 12.0. The number of aromatic nitrogens is 4. The monoisotopic (exact) mass is 247 g/mol. The molecule has 2 N–H and O–H groups in total. The maximum atomic E-state index is 11.6. The normalized spacial score (nSPS) is 10.2. The van der Waals surface area contributed by atoms with Crippen LogP contribution < -0.4 is 10.9 Å². The Hall–Kier alpha value is -2.44. The maximum Gasteiger partial charge on any atom is 0.252 e. The summed E-state index contributed by atoms with van der Waals surface area (Å²) in [4.78, 5) is 24.9.